The Morgan fingerprint density at radius 2 is 0.905 bits per heavy atom. The molecule has 8 rings (SSSR count). The van der Waals surface area contributed by atoms with E-state index in [1.165, 1.54) is 16.3 Å². The van der Waals surface area contributed by atoms with Crippen LogP contribution in [-0.4, -0.2) is 15.0 Å². The van der Waals surface area contributed by atoms with E-state index in [-0.39, 0.29) is 7.43 Å². The standard InChI is InChI=1S/C37H23N3O.CH4/c1-2-9-26(10-3-1)35-38-36(27-17-14-25(15-18-27)29-19-16-24-8-4-5-11-28(24)22-29)40-37(39-35)30-20-21-32-31-12-6-7-13-33(31)41-34(32)23-30;/h1-23H;1H4. The Hall–Kier alpha value is -5.61. The average molecular weight is 542 g/mol. The normalized spacial score (nSPS) is 11.1. The average Bonchev–Trinajstić information content (AvgIpc) is 3.43. The minimum absolute atomic E-state index is 0. The van der Waals surface area contributed by atoms with E-state index < -0.39 is 0 Å². The molecule has 0 N–H and O–H groups in total. The van der Waals surface area contributed by atoms with Crippen LogP contribution in [0.1, 0.15) is 7.43 Å². The number of benzene rings is 6. The first-order chi connectivity index (χ1) is 20.3. The van der Waals surface area contributed by atoms with Gasteiger partial charge in [-0.05, 0) is 46.2 Å². The lowest BCUT2D eigenvalue weighted by Crippen LogP contribution is -2.00. The Morgan fingerprint density at radius 1 is 0.357 bits per heavy atom. The molecule has 6 aromatic carbocycles. The van der Waals surface area contributed by atoms with Crippen LogP contribution in [0.3, 0.4) is 0 Å². The smallest absolute Gasteiger partial charge is 0.164 e. The molecular formula is C38H27N3O. The summed E-state index contributed by atoms with van der Waals surface area (Å²) in [7, 11) is 0. The molecule has 0 saturated carbocycles. The third-order valence-electron chi connectivity index (χ3n) is 7.53. The molecule has 2 heterocycles. The molecular weight excluding hydrogens is 514 g/mol. The first-order valence-electron chi connectivity index (χ1n) is 13.6. The van der Waals surface area contributed by atoms with Crippen LogP contribution in [0.4, 0.5) is 0 Å². The monoisotopic (exact) mass is 541 g/mol. The van der Waals surface area contributed by atoms with Gasteiger partial charge in [0.15, 0.2) is 17.5 Å². The molecule has 0 atom stereocenters. The molecule has 0 bridgehead atoms. The van der Waals surface area contributed by atoms with Gasteiger partial charge in [-0.2, -0.15) is 0 Å². The summed E-state index contributed by atoms with van der Waals surface area (Å²) in [6.45, 7) is 0. The fraction of sp³-hybridized carbons (Fsp3) is 0.0263. The van der Waals surface area contributed by atoms with Gasteiger partial charge >= 0.3 is 0 Å². The van der Waals surface area contributed by atoms with E-state index in [2.05, 4.69) is 84.9 Å². The fourth-order valence-corrected chi connectivity index (χ4v) is 5.40. The van der Waals surface area contributed by atoms with Crippen molar-refractivity contribution in [3.8, 4) is 45.3 Å². The van der Waals surface area contributed by atoms with Crippen LogP contribution < -0.4 is 0 Å². The zero-order valence-corrected chi connectivity index (χ0v) is 22.0. The summed E-state index contributed by atoms with van der Waals surface area (Å²) in [6, 6.07) is 47.7. The number of para-hydroxylation sites is 1. The molecule has 0 fully saturated rings. The van der Waals surface area contributed by atoms with E-state index in [0.29, 0.717) is 17.5 Å². The summed E-state index contributed by atoms with van der Waals surface area (Å²) >= 11 is 0. The summed E-state index contributed by atoms with van der Waals surface area (Å²) in [6.07, 6.45) is 0. The molecule has 0 radical (unpaired) electrons. The molecule has 4 heteroatoms. The van der Waals surface area contributed by atoms with E-state index in [1.54, 1.807) is 0 Å². The van der Waals surface area contributed by atoms with E-state index in [4.69, 9.17) is 19.4 Å². The molecule has 0 aliphatic rings. The van der Waals surface area contributed by atoms with Gasteiger partial charge in [-0.1, -0.05) is 123 Å². The summed E-state index contributed by atoms with van der Waals surface area (Å²) in [4.78, 5) is 14.7. The van der Waals surface area contributed by atoms with Gasteiger partial charge in [-0.15, -0.1) is 0 Å². The maximum atomic E-state index is 6.16. The van der Waals surface area contributed by atoms with Crippen molar-refractivity contribution in [1.29, 1.82) is 0 Å². The van der Waals surface area contributed by atoms with Crippen LogP contribution in [0, 0.1) is 0 Å². The Balaban J connectivity index is 0.00000288. The van der Waals surface area contributed by atoms with Crippen molar-refractivity contribution in [2.45, 2.75) is 7.43 Å². The number of hydrogen-bond acceptors (Lipinski definition) is 4. The summed E-state index contributed by atoms with van der Waals surface area (Å²) in [5, 5.41) is 4.64. The lowest BCUT2D eigenvalue weighted by molar-refractivity contribution is 0.669. The highest BCUT2D eigenvalue weighted by Gasteiger charge is 2.14. The Kier molecular flexibility index (Phi) is 6.29. The number of fused-ring (bicyclic) bond motifs is 4. The van der Waals surface area contributed by atoms with Gasteiger partial charge in [0, 0.05) is 27.5 Å². The number of furan rings is 1. The van der Waals surface area contributed by atoms with Crippen molar-refractivity contribution in [2.24, 2.45) is 0 Å². The van der Waals surface area contributed by atoms with Crippen LogP contribution in [0.25, 0.3) is 78.0 Å². The minimum atomic E-state index is 0. The quantitative estimate of drug-likeness (QED) is 0.222. The number of aromatic nitrogens is 3. The first-order valence-corrected chi connectivity index (χ1v) is 13.6. The Morgan fingerprint density at radius 3 is 1.69 bits per heavy atom. The highest BCUT2D eigenvalue weighted by atomic mass is 16.3. The molecule has 0 aliphatic carbocycles. The summed E-state index contributed by atoms with van der Waals surface area (Å²) in [5.41, 5.74) is 6.75. The van der Waals surface area contributed by atoms with Crippen molar-refractivity contribution < 1.29 is 4.42 Å². The van der Waals surface area contributed by atoms with Crippen molar-refractivity contribution in [2.75, 3.05) is 0 Å². The maximum Gasteiger partial charge on any atom is 0.164 e. The largest absolute Gasteiger partial charge is 0.456 e. The van der Waals surface area contributed by atoms with Gasteiger partial charge < -0.3 is 4.42 Å². The van der Waals surface area contributed by atoms with E-state index in [1.807, 2.05) is 54.6 Å². The fourth-order valence-electron chi connectivity index (χ4n) is 5.40. The van der Waals surface area contributed by atoms with E-state index in [9.17, 15) is 0 Å². The molecule has 2 aromatic heterocycles. The summed E-state index contributed by atoms with van der Waals surface area (Å²) in [5.74, 6) is 1.87. The molecule has 0 aliphatic heterocycles. The lowest BCUT2D eigenvalue weighted by Gasteiger charge is -2.09. The molecule has 0 spiro atoms. The second kappa shape index (κ2) is 10.4. The SMILES string of the molecule is C.c1ccc(-c2nc(-c3ccc(-c4ccc5ccccc5c4)cc3)nc(-c3ccc4c(c3)oc3ccccc34)n2)cc1. The van der Waals surface area contributed by atoms with Gasteiger partial charge in [0.2, 0.25) is 0 Å². The van der Waals surface area contributed by atoms with Crippen LogP contribution >= 0.6 is 0 Å². The number of rotatable bonds is 4. The summed E-state index contributed by atoms with van der Waals surface area (Å²) < 4.78 is 6.16. The van der Waals surface area contributed by atoms with Crippen LogP contribution in [0.15, 0.2) is 144 Å². The van der Waals surface area contributed by atoms with Gasteiger partial charge in [-0.3, -0.25) is 0 Å². The number of nitrogens with zero attached hydrogens (tertiary/aromatic N) is 3. The zero-order chi connectivity index (χ0) is 27.2. The highest BCUT2D eigenvalue weighted by Crippen LogP contribution is 2.33. The highest BCUT2D eigenvalue weighted by molar-refractivity contribution is 6.05. The Bertz CT molecular complexity index is 2200. The predicted octanol–water partition coefficient (Wildman–Crippen LogP) is 10.2. The first kappa shape index (κ1) is 25.4. The second-order valence-electron chi connectivity index (χ2n) is 10.1. The van der Waals surface area contributed by atoms with Crippen LogP contribution in [-0.2, 0) is 0 Å². The molecule has 0 unspecified atom stereocenters. The Labute approximate surface area is 244 Å². The molecule has 200 valence electrons. The van der Waals surface area contributed by atoms with Gasteiger partial charge in [0.05, 0.1) is 0 Å². The zero-order valence-electron chi connectivity index (χ0n) is 22.0. The van der Waals surface area contributed by atoms with Crippen molar-refractivity contribution in [1.82, 2.24) is 15.0 Å². The third-order valence-corrected chi connectivity index (χ3v) is 7.53. The second-order valence-corrected chi connectivity index (χ2v) is 10.1. The van der Waals surface area contributed by atoms with E-state index >= 15 is 0 Å². The van der Waals surface area contributed by atoms with Gasteiger partial charge in [0.1, 0.15) is 11.2 Å². The van der Waals surface area contributed by atoms with Crippen LogP contribution in [0.2, 0.25) is 0 Å². The van der Waals surface area contributed by atoms with Gasteiger partial charge in [0.25, 0.3) is 0 Å². The molecule has 0 amide bonds. The molecule has 42 heavy (non-hydrogen) atoms. The van der Waals surface area contributed by atoms with E-state index in [0.717, 1.165) is 44.2 Å². The van der Waals surface area contributed by atoms with Crippen LogP contribution in [0.5, 0.6) is 0 Å². The van der Waals surface area contributed by atoms with Crippen molar-refractivity contribution in [3.05, 3.63) is 140 Å². The lowest BCUT2D eigenvalue weighted by atomic mass is 10.00. The molecule has 4 nitrogen and oxygen atoms in total. The predicted molar refractivity (Wildman–Crippen MR) is 173 cm³/mol. The van der Waals surface area contributed by atoms with Crippen molar-refractivity contribution in [3.63, 3.8) is 0 Å². The van der Waals surface area contributed by atoms with Gasteiger partial charge in [-0.25, -0.2) is 15.0 Å². The number of hydrogen-bond donors (Lipinski definition) is 0. The molecule has 0 saturated heterocycles. The van der Waals surface area contributed by atoms with Crippen molar-refractivity contribution >= 4 is 32.7 Å². The minimum Gasteiger partial charge on any atom is -0.456 e. The maximum absolute atomic E-state index is 6.16. The topological polar surface area (TPSA) is 51.8 Å². The third kappa shape index (κ3) is 4.49. The molecule has 8 aromatic rings.